The van der Waals surface area contributed by atoms with Gasteiger partial charge in [0.25, 0.3) is 5.91 Å². The van der Waals surface area contributed by atoms with Gasteiger partial charge in [0, 0.05) is 12.1 Å². The minimum absolute atomic E-state index is 0.116. The second-order valence-electron chi connectivity index (χ2n) is 8.65. The highest BCUT2D eigenvalue weighted by Gasteiger charge is 2.63. The largest absolute Gasteiger partial charge is 0.416 e. The number of hydrogen-bond donors (Lipinski definition) is 1. The zero-order chi connectivity index (χ0) is 21.3. The van der Waals surface area contributed by atoms with Crippen molar-refractivity contribution in [1.82, 2.24) is 15.1 Å². The summed E-state index contributed by atoms with van der Waals surface area (Å²) in [6.45, 7) is 5.81. The molecule has 156 valence electrons. The number of fused-ring (bicyclic) bond motifs is 5. The first-order valence-corrected chi connectivity index (χ1v) is 9.31. The maximum Gasteiger partial charge on any atom is 0.416 e. The summed E-state index contributed by atoms with van der Waals surface area (Å²) in [5, 5.41) is 2.85. The van der Waals surface area contributed by atoms with Gasteiger partial charge in [0.1, 0.15) is 6.04 Å². The fourth-order valence-electron chi connectivity index (χ4n) is 4.34. The number of hydrogen-bond acceptors (Lipinski definition) is 3. The van der Waals surface area contributed by atoms with Gasteiger partial charge in [0.05, 0.1) is 23.3 Å². The van der Waals surface area contributed by atoms with Crippen LogP contribution in [0.1, 0.15) is 32.8 Å². The lowest BCUT2D eigenvalue weighted by atomic mass is 10.1. The third-order valence-corrected chi connectivity index (χ3v) is 5.44. The minimum Gasteiger partial charge on any atom is -0.333 e. The van der Waals surface area contributed by atoms with E-state index in [4.69, 9.17) is 0 Å². The van der Waals surface area contributed by atoms with Crippen LogP contribution in [0.25, 0.3) is 0 Å². The average molecular weight is 410 g/mol. The van der Waals surface area contributed by atoms with Crippen LogP contribution in [0.4, 0.5) is 28.4 Å². The molecule has 3 saturated heterocycles. The number of amides is 5. The maximum absolute atomic E-state index is 13.0. The number of rotatable bonds is 1. The van der Waals surface area contributed by atoms with Crippen LogP contribution in [-0.4, -0.2) is 58.0 Å². The Hall–Kier alpha value is -2.78. The Kier molecular flexibility index (Phi) is 4.11. The van der Waals surface area contributed by atoms with Gasteiger partial charge in [-0.2, -0.15) is 13.2 Å². The summed E-state index contributed by atoms with van der Waals surface area (Å²) in [5.74, 6) is -0.602. The Morgan fingerprint density at radius 1 is 1.17 bits per heavy atom. The summed E-state index contributed by atoms with van der Waals surface area (Å²) in [4.78, 5) is 42.3. The monoisotopic (exact) mass is 410 g/mol. The number of piperazine rings is 1. The van der Waals surface area contributed by atoms with Crippen molar-refractivity contribution in [3.63, 3.8) is 0 Å². The van der Waals surface area contributed by atoms with Crippen molar-refractivity contribution < 1.29 is 27.6 Å². The zero-order valence-electron chi connectivity index (χ0n) is 16.2. The number of urea groups is 2. The lowest BCUT2D eigenvalue weighted by molar-refractivity contribution is -0.137. The van der Waals surface area contributed by atoms with Crippen molar-refractivity contribution in [3.8, 4) is 0 Å². The van der Waals surface area contributed by atoms with E-state index >= 15 is 0 Å². The molecule has 1 unspecified atom stereocenters. The summed E-state index contributed by atoms with van der Waals surface area (Å²) in [5.41, 5.74) is -1.51. The average Bonchev–Trinajstić information content (AvgIpc) is 3.24. The molecule has 0 spiro atoms. The molecule has 3 fully saturated rings. The molecule has 3 heterocycles. The third-order valence-electron chi connectivity index (χ3n) is 5.44. The highest BCUT2D eigenvalue weighted by atomic mass is 19.4. The van der Waals surface area contributed by atoms with Crippen LogP contribution >= 0.6 is 0 Å². The Morgan fingerprint density at radius 3 is 2.48 bits per heavy atom. The molecule has 1 N–H and O–H groups in total. The molecule has 3 aliphatic heterocycles. The van der Waals surface area contributed by atoms with E-state index in [0.29, 0.717) is 13.0 Å². The second kappa shape index (κ2) is 6.11. The molecule has 10 heteroatoms. The van der Waals surface area contributed by atoms with E-state index in [1.54, 1.807) is 4.90 Å². The minimum atomic E-state index is -4.58. The molecule has 0 aliphatic carbocycles. The van der Waals surface area contributed by atoms with Gasteiger partial charge in [-0.25, -0.2) is 14.5 Å². The van der Waals surface area contributed by atoms with Gasteiger partial charge in [0.15, 0.2) is 0 Å². The van der Waals surface area contributed by atoms with E-state index in [1.807, 2.05) is 20.8 Å². The third kappa shape index (κ3) is 3.10. The van der Waals surface area contributed by atoms with Gasteiger partial charge < -0.3 is 15.1 Å². The Morgan fingerprint density at radius 2 is 1.86 bits per heavy atom. The Labute approximate surface area is 165 Å². The molecule has 4 rings (SSSR count). The molecule has 3 atom stereocenters. The summed E-state index contributed by atoms with van der Waals surface area (Å²) >= 11 is 0. The van der Waals surface area contributed by atoms with Crippen LogP contribution in [0.2, 0.25) is 0 Å². The predicted molar refractivity (Wildman–Crippen MR) is 97.1 cm³/mol. The highest BCUT2D eigenvalue weighted by molar-refractivity contribution is 6.22. The predicted octanol–water partition coefficient (Wildman–Crippen LogP) is 2.81. The summed E-state index contributed by atoms with van der Waals surface area (Å²) in [6, 6.07) is 1.50. The van der Waals surface area contributed by atoms with Crippen molar-refractivity contribution in [1.29, 1.82) is 0 Å². The lowest BCUT2D eigenvalue weighted by Crippen LogP contribution is -2.59. The molecule has 1 aromatic carbocycles. The van der Waals surface area contributed by atoms with Crippen molar-refractivity contribution in [3.05, 3.63) is 29.8 Å². The molecular formula is C19H21F3N4O3. The number of imide groups is 1. The van der Waals surface area contributed by atoms with Crippen molar-refractivity contribution in [2.45, 2.75) is 57.0 Å². The number of benzene rings is 1. The summed E-state index contributed by atoms with van der Waals surface area (Å²) in [7, 11) is 0. The first kappa shape index (κ1) is 19.5. The van der Waals surface area contributed by atoms with Crippen LogP contribution in [0.3, 0.4) is 0 Å². The van der Waals surface area contributed by atoms with Gasteiger partial charge in [-0.3, -0.25) is 4.79 Å². The Balaban J connectivity index is 1.61. The summed E-state index contributed by atoms with van der Waals surface area (Å²) < 4.78 is 39.1. The van der Waals surface area contributed by atoms with E-state index in [0.717, 1.165) is 17.0 Å². The van der Waals surface area contributed by atoms with E-state index < -0.39 is 41.3 Å². The normalized spacial score (nSPS) is 26.4. The number of anilines is 1. The zero-order valence-corrected chi connectivity index (χ0v) is 16.2. The van der Waals surface area contributed by atoms with Crippen molar-refractivity contribution >= 4 is 23.7 Å². The van der Waals surface area contributed by atoms with Gasteiger partial charge in [-0.05, 0) is 45.4 Å². The first-order chi connectivity index (χ1) is 13.4. The molecule has 1 aromatic rings. The van der Waals surface area contributed by atoms with E-state index in [2.05, 4.69) is 5.32 Å². The van der Waals surface area contributed by atoms with Crippen molar-refractivity contribution in [2.75, 3.05) is 11.4 Å². The summed E-state index contributed by atoms with van der Waals surface area (Å²) in [6.07, 6.45) is -4.10. The molecular weight excluding hydrogens is 389 g/mol. The molecule has 29 heavy (non-hydrogen) atoms. The molecule has 0 aromatic heterocycles. The van der Waals surface area contributed by atoms with E-state index in [1.165, 1.54) is 17.0 Å². The molecule has 7 nitrogen and oxygen atoms in total. The number of halogens is 3. The first-order valence-electron chi connectivity index (χ1n) is 9.31. The van der Waals surface area contributed by atoms with Crippen LogP contribution in [0.15, 0.2) is 24.3 Å². The van der Waals surface area contributed by atoms with Crippen LogP contribution in [0, 0.1) is 0 Å². The number of likely N-dealkylation sites (tertiary alicyclic amines) is 1. The second-order valence-corrected chi connectivity index (χ2v) is 8.65. The van der Waals surface area contributed by atoms with Gasteiger partial charge in [-0.1, -0.05) is 6.07 Å². The SMILES string of the molecule is CC(C)(C)NC(=O)N1CC2C[C@@H]1[C@@H]1C(=O)N(c3cccc(C(F)(F)F)c3)C(=O)N21. The fourth-order valence-corrected chi connectivity index (χ4v) is 4.34. The molecule has 3 aliphatic rings. The van der Waals surface area contributed by atoms with Gasteiger partial charge >= 0.3 is 18.2 Å². The smallest absolute Gasteiger partial charge is 0.333 e. The lowest BCUT2D eigenvalue weighted by Gasteiger charge is -2.36. The van der Waals surface area contributed by atoms with Crippen molar-refractivity contribution in [2.24, 2.45) is 0 Å². The molecule has 5 amide bonds. The van der Waals surface area contributed by atoms with Gasteiger partial charge in [-0.15, -0.1) is 0 Å². The quantitative estimate of drug-likeness (QED) is 0.724. The van der Waals surface area contributed by atoms with E-state index in [9.17, 15) is 27.6 Å². The topological polar surface area (TPSA) is 73.0 Å². The maximum atomic E-state index is 13.0. The fraction of sp³-hybridized carbons (Fsp3) is 0.526. The van der Waals surface area contributed by atoms with Gasteiger partial charge in [0.2, 0.25) is 0 Å². The van der Waals surface area contributed by atoms with Crippen LogP contribution in [0.5, 0.6) is 0 Å². The van der Waals surface area contributed by atoms with E-state index in [-0.39, 0.29) is 17.8 Å². The number of nitrogens with zero attached hydrogens (tertiary/aromatic N) is 3. The molecule has 2 bridgehead atoms. The molecule has 0 saturated carbocycles. The number of carbonyl (C=O) groups is 3. The number of alkyl halides is 3. The number of carbonyl (C=O) groups excluding carboxylic acids is 3. The standard InChI is InChI=1S/C19H21F3N4O3/c1-18(2,3)23-16(28)24-9-12-8-13(24)14-15(27)26(17(29)25(12)14)11-6-4-5-10(7-11)19(20,21)22/h4-7,12-14H,8-9H2,1-3H3,(H,23,28)/t12?,13-,14-/m1/s1. The highest BCUT2D eigenvalue weighted by Crippen LogP contribution is 2.43. The van der Waals surface area contributed by atoms with Crippen LogP contribution in [-0.2, 0) is 11.0 Å². The number of nitrogens with one attached hydrogen (secondary N) is 1. The molecule has 0 radical (unpaired) electrons. The van der Waals surface area contributed by atoms with Crippen LogP contribution < -0.4 is 10.2 Å². The Bertz CT molecular complexity index is 895.